The lowest BCUT2D eigenvalue weighted by molar-refractivity contribution is 0.344. The van der Waals surface area contributed by atoms with Crippen LogP contribution >= 0.6 is 0 Å². The van der Waals surface area contributed by atoms with Gasteiger partial charge in [0.25, 0.3) is 0 Å². The second kappa shape index (κ2) is 5.17. The van der Waals surface area contributed by atoms with E-state index in [0.29, 0.717) is 0 Å². The zero-order chi connectivity index (χ0) is 11.4. The molecule has 0 heterocycles. The number of nitrogens with zero attached hydrogens (tertiary/aromatic N) is 1. The van der Waals surface area contributed by atoms with E-state index in [2.05, 4.69) is 44.9 Å². The maximum Gasteiger partial charge on any atom is 0.122 e. The summed E-state index contributed by atoms with van der Waals surface area (Å²) in [5, 5.41) is 0. The SMILES string of the molecule is CCN(C)Cc1ccc(OC)c(C)c1C. The van der Waals surface area contributed by atoms with Gasteiger partial charge in [0.1, 0.15) is 5.75 Å². The van der Waals surface area contributed by atoms with Crippen molar-refractivity contribution in [3.8, 4) is 5.75 Å². The quantitative estimate of drug-likeness (QED) is 0.752. The summed E-state index contributed by atoms with van der Waals surface area (Å²) in [5.41, 5.74) is 3.98. The average molecular weight is 207 g/mol. The lowest BCUT2D eigenvalue weighted by Crippen LogP contribution is -2.17. The molecule has 0 fully saturated rings. The molecule has 1 rings (SSSR count). The Kier molecular flexibility index (Phi) is 4.15. The van der Waals surface area contributed by atoms with Gasteiger partial charge in [-0.25, -0.2) is 0 Å². The summed E-state index contributed by atoms with van der Waals surface area (Å²) in [5.74, 6) is 0.982. The lowest BCUT2D eigenvalue weighted by atomic mass is 10.0. The van der Waals surface area contributed by atoms with Crippen molar-refractivity contribution in [1.82, 2.24) is 4.90 Å². The van der Waals surface area contributed by atoms with Crippen LogP contribution in [-0.4, -0.2) is 25.6 Å². The van der Waals surface area contributed by atoms with Gasteiger partial charge in [-0.2, -0.15) is 0 Å². The second-order valence-corrected chi connectivity index (χ2v) is 4.01. The Labute approximate surface area is 92.9 Å². The molecule has 0 spiro atoms. The Balaban J connectivity index is 2.96. The third-order valence-electron chi connectivity index (χ3n) is 3.05. The first-order valence-electron chi connectivity index (χ1n) is 5.41. The molecule has 1 aromatic carbocycles. The Morgan fingerprint density at radius 2 is 1.87 bits per heavy atom. The smallest absolute Gasteiger partial charge is 0.122 e. The predicted octanol–water partition coefficient (Wildman–Crippen LogP) is 2.76. The van der Waals surface area contributed by atoms with Crippen LogP contribution in [0.3, 0.4) is 0 Å². The third-order valence-corrected chi connectivity index (χ3v) is 3.05. The van der Waals surface area contributed by atoms with Crippen LogP contribution in [-0.2, 0) is 6.54 Å². The summed E-state index contributed by atoms with van der Waals surface area (Å²) >= 11 is 0. The van der Waals surface area contributed by atoms with Gasteiger partial charge < -0.3 is 9.64 Å². The Morgan fingerprint density at radius 3 is 2.40 bits per heavy atom. The van der Waals surface area contributed by atoms with Crippen LogP contribution < -0.4 is 4.74 Å². The Hall–Kier alpha value is -1.02. The molecule has 0 radical (unpaired) electrons. The summed E-state index contributed by atoms with van der Waals surface area (Å²) in [6.07, 6.45) is 0. The van der Waals surface area contributed by atoms with Crippen LogP contribution in [0, 0.1) is 13.8 Å². The van der Waals surface area contributed by atoms with Crippen LogP contribution in [0.5, 0.6) is 5.75 Å². The predicted molar refractivity (Wildman–Crippen MR) is 64.5 cm³/mol. The summed E-state index contributed by atoms with van der Waals surface area (Å²) in [6.45, 7) is 8.53. The van der Waals surface area contributed by atoms with Crippen LogP contribution in [0.2, 0.25) is 0 Å². The van der Waals surface area contributed by atoms with Gasteiger partial charge in [-0.1, -0.05) is 13.0 Å². The van der Waals surface area contributed by atoms with Crippen molar-refractivity contribution in [3.05, 3.63) is 28.8 Å². The summed E-state index contributed by atoms with van der Waals surface area (Å²) in [7, 11) is 3.86. The zero-order valence-electron chi connectivity index (χ0n) is 10.4. The molecule has 15 heavy (non-hydrogen) atoms. The number of hydrogen-bond donors (Lipinski definition) is 0. The fourth-order valence-corrected chi connectivity index (χ4v) is 1.65. The van der Waals surface area contributed by atoms with Crippen molar-refractivity contribution in [3.63, 3.8) is 0 Å². The van der Waals surface area contributed by atoms with E-state index in [0.717, 1.165) is 18.8 Å². The molecule has 0 N–H and O–H groups in total. The highest BCUT2D eigenvalue weighted by Crippen LogP contribution is 2.24. The van der Waals surface area contributed by atoms with Crippen molar-refractivity contribution >= 4 is 0 Å². The molecule has 0 aliphatic rings. The highest BCUT2D eigenvalue weighted by Gasteiger charge is 2.07. The molecule has 0 aliphatic carbocycles. The van der Waals surface area contributed by atoms with E-state index >= 15 is 0 Å². The number of rotatable bonds is 4. The van der Waals surface area contributed by atoms with Gasteiger partial charge in [0, 0.05) is 6.54 Å². The highest BCUT2D eigenvalue weighted by molar-refractivity contribution is 5.43. The van der Waals surface area contributed by atoms with Gasteiger partial charge in [-0.3, -0.25) is 0 Å². The number of hydrogen-bond acceptors (Lipinski definition) is 2. The number of benzene rings is 1. The minimum Gasteiger partial charge on any atom is -0.496 e. The molecule has 84 valence electrons. The molecule has 0 atom stereocenters. The highest BCUT2D eigenvalue weighted by atomic mass is 16.5. The van der Waals surface area contributed by atoms with Crippen LogP contribution in [0.4, 0.5) is 0 Å². The zero-order valence-corrected chi connectivity index (χ0v) is 10.4. The first kappa shape index (κ1) is 12.1. The van der Waals surface area contributed by atoms with Gasteiger partial charge in [-0.05, 0) is 50.2 Å². The van der Waals surface area contributed by atoms with Crippen molar-refractivity contribution in [2.24, 2.45) is 0 Å². The molecule has 1 aromatic rings. The van der Waals surface area contributed by atoms with Crippen molar-refractivity contribution in [2.45, 2.75) is 27.3 Å². The molecule has 0 unspecified atom stereocenters. The van der Waals surface area contributed by atoms with E-state index in [1.54, 1.807) is 7.11 Å². The molecule has 0 aliphatic heterocycles. The molecule has 0 aromatic heterocycles. The summed E-state index contributed by atoms with van der Waals surface area (Å²) < 4.78 is 5.30. The van der Waals surface area contributed by atoms with Gasteiger partial charge in [0.05, 0.1) is 7.11 Å². The topological polar surface area (TPSA) is 12.5 Å². The molecule has 0 amide bonds. The number of ether oxygens (including phenoxy) is 1. The van der Waals surface area contributed by atoms with Crippen molar-refractivity contribution < 1.29 is 4.74 Å². The van der Waals surface area contributed by atoms with E-state index in [9.17, 15) is 0 Å². The lowest BCUT2D eigenvalue weighted by Gasteiger charge is -2.18. The van der Waals surface area contributed by atoms with Crippen molar-refractivity contribution in [2.75, 3.05) is 20.7 Å². The molecule has 2 heteroatoms. The van der Waals surface area contributed by atoms with Crippen LogP contribution in [0.25, 0.3) is 0 Å². The van der Waals surface area contributed by atoms with Crippen LogP contribution in [0.1, 0.15) is 23.6 Å². The van der Waals surface area contributed by atoms with E-state index in [-0.39, 0.29) is 0 Å². The molecule has 0 saturated heterocycles. The fraction of sp³-hybridized carbons (Fsp3) is 0.538. The van der Waals surface area contributed by atoms with E-state index in [1.165, 1.54) is 16.7 Å². The molecular formula is C13H21NO. The minimum absolute atomic E-state index is 0.982. The maximum absolute atomic E-state index is 5.30. The summed E-state index contributed by atoms with van der Waals surface area (Å²) in [4.78, 5) is 2.30. The van der Waals surface area contributed by atoms with E-state index in [1.807, 2.05) is 0 Å². The second-order valence-electron chi connectivity index (χ2n) is 4.01. The first-order valence-corrected chi connectivity index (χ1v) is 5.41. The Morgan fingerprint density at radius 1 is 1.20 bits per heavy atom. The molecule has 0 bridgehead atoms. The summed E-state index contributed by atoms with van der Waals surface area (Å²) in [6, 6.07) is 4.22. The minimum atomic E-state index is 0.982. The normalized spacial score (nSPS) is 10.8. The number of methoxy groups -OCH3 is 1. The monoisotopic (exact) mass is 207 g/mol. The van der Waals surface area contributed by atoms with Gasteiger partial charge >= 0.3 is 0 Å². The maximum atomic E-state index is 5.30. The van der Waals surface area contributed by atoms with Gasteiger partial charge in [0.15, 0.2) is 0 Å². The van der Waals surface area contributed by atoms with Crippen molar-refractivity contribution in [1.29, 1.82) is 0 Å². The van der Waals surface area contributed by atoms with E-state index in [4.69, 9.17) is 4.74 Å². The van der Waals surface area contributed by atoms with Gasteiger partial charge in [0.2, 0.25) is 0 Å². The van der Waals surface area contributed by atoms with Gasteiger partial charge in [-0.15, -0.1) is 0 Å². The van der Waals surface area contributed by atoms with E-state index < -0.39 is 0 Å². The standard InChI is InChI=1S/C13H21NO/c1-6-14(4)9-12-7-8-13(15-5)11(3)10(12)2/h7-8H,6,9H2,1-5H3. The first-order chi connectivity index (χ1) is 7.10. The molecule has 2 nitrogen and oxygen atoms in total. The average Bonchev–Trinajstić information content (AvgIpc) is 2.25. The fourth-order valence-electron chi connectivity index (χ4n) is 1.65. The van der Waals surface area contributed by atoms with Crippen LogP contribution in [0.15, 0.2) is 12.1 Å². The Bertz CT molecular complexity index is 334. The molecule has 0 saturated carbocycles. The molecular weight excluding hydrogens is 186 g/mol. The third kappa shape index (κ3) is 2.72. The largest absolute Gasteiger partial charge is 0.496 e.